The van der Waals surface area contributed by atoms with E-state index in [1.165, 1.54) is 0 Å². The maximum atomic E-state index is 11.4. The molecule has 0 aliphatic carbocycles. The van der Waals surface area contributed by atoms with E-state index in [-0.39, 0.29) is 17.8 Å². The van der Waals surface area contributed by atoms with Crippen molar-refractivity contribution in [1.29, 1.82) is 0 Å². The zero-order valence-corrected chi connectivity index (χ0v) is 12.2. The van der Waals surface area contributed by atoms with Gasteiger partial charge in [0.1, 0.15) is 5.41 Å². The molecule has 8 N–H and O–H groups in total. The summed E-state index contributed by atoms with van der Waals surface area (Å²) in [6.07, 6.45) is 0.795. The molecule has 0 radical (unpaired) electrons. The fourth-order valence-corrected chi connectivity index (χ4v) is 1.90. The van der Waals surface area contributed by atoms with Crippen LogP contribution in [0.3, 0.4) is 0 Å². The third-order valence-electron chi connectivity index (χ3n) is 3.22. The van der Waals surface area contributed by atoms with Crippen molar-refractivity contribution in [2.24, 2.45) is 5.41 Å². The van der Waals surface area contributed by atoms with E-state index in [2.05, 4.69) is 25.6 Å². The topological polar surface area (TPSA) is 192 Å². The van der Waals surface area contributed by atoms with Gasteiger partial charge in [0, 0.05) is 0 Å². The lowest BCUT2D eigenvalue weighted by Gasteiger charge is -2.31. The second kappa shape index (κ2) is 6.65. The monoisotopic (exact) mass is 310 g/mol. The van der Waals surface area contributed by atoms with Crippen LogP contribution in [0, 0.1) is 5.41 Å². The van der Waals surface area contributed by atoms with Gasteiger partial charge in [-0.15, -0.1) is 0 Å². The number of carbonyl (C=O) groups excluding carboxylic acids is 3. The molecule has 0 aromatic carbocycles. The maximum absolute atomic E-state index is 11.4. The molecule has 2 rings (SSSR count). The molecule has 0 spiro atoms. The van der Waals surface area contributed by atoms with E-state index >= 15 is 0 Å². The number of hydrogen-bond acceptors (Lipinski definition) is 9. The standard InChI is InChI=1S/C8H12N2O3.C3H6N6/c1-3-8(4-2)5(11)9-7(13)10-6(8)12;4-1-7-2(5)9-3(6)8-1/h3-4H2,1-2H3,(H2,9,10,11,12,13);(H6,4,5,6,7,8,9). The Balaban J connectivity index is 0.000000235. The van der Waals surface area contributed by atoms with Crippen molar-refractivity contribution in [3.8, 4) is 0 Å². The van der Waals surface area contributed by atoms with Crippen LogP contribution in [0.4, 0.5) is 22.6 Å². The summed E-state index contributed by atoms with van der Waals surface area (Å²) < 4.78 is 0. The Bertz CT molecular complexity index is 527. The maximum Gasteiger partial charge on any atom is 0.328 e. The van der Waals surface area contributed by atoms with Gasteiger partial charge in [0.05, 0.1) is 0 Å². The average Bonchev–Trinajstić information content (AvgIpc) is 2.38. The van der Waals surface area contributed by atoms with Crippen molar-refractivity contribution in [2.45, 2.75) is 26.7 Å². The SMILES string of the molecule is CCC1(CC)C(=O)NC(=O)NC1=O.Nc1nc(N)nc(N)n1. The number of nitrogen functional groups attached to an aromatic ring is 3. The summed E-state index contributed by atoms with van der Waals surface area (Å²) in [6.45, 7) is 3.50. The number of amides is 4. The second-order valence-corrected chi connectivity index (χ2v) is 4.44. The van der Waals surface area contributed by atoms with Gasteiger partial charge in [-0.25, -0.2) is 4.79 Å². The summed E-state index contributed by atoms with van der Waals surface area (Å²) in [4.78, 5) is 44.0. The van der Waals surface area contributed by atoms with Crippen molar-refractivity contribution < 1.29 is 14.4 Å². The Labute approximate surface area is 126 Å². The normalized spacial score (nSPS) is 16.2. The first-order valence-corrected chi connectivity index (χ1v) is 6.44. The number of aromatic nitrogens is 3. The van der Waals surface area contributed by atoms with Crippen LogP contribution in [0.2, 0.25) is 0 Å². The van der Waals surface area contributed by atoms with Crippen LogP contribution >= 0.6 is 0 Å². The van der Waals surface area contributed by atoms with E-state index in [9.17, 15) is 14.4 Å². The van der Waals surface area contributed by atoms with E-state index in [1.807, 2.05) is 0 Å². The molecule has 120 valence electrons. The highest BCUT2D eigenvalue weighted by Gasteiger charge is 2.47. The van der Waals surface area contributed by atoms with Crippen LogP contribution in [0.5, 0.6) is 0 Å². The number of carbonyl (C=O) groups is 3. The van der Waals surface area contributed by atoms with Crippen molar-refractivity contribution in [1.82, 2.24) is 25.6 Å². The van der Waals surface area contributed by atoms with Crippen molar-refractivity contribution in [2.75, 3.05) is 17.2 Å². The summed E-state index contributed by atoms with van der Waals surface area (Å²) in [6, 6.07) is -0.729. The van der Waals surface area contributed by atoms with Crippen molar-refractivity contribution in [3.05, 3.63) is 0 Å². The third-order valence-corrected chi connectivity index (χ3v) is 3.22. The molecule has 1 fully saturated rings. The molecule has 0 atom stereocenters. The van der Waals surface area contributed by atoms with E-state index in [4.69, 9.17) is 17.2 Å². The quantitative estimate of drug-likeness (QED) is 0.416. The zero-order chi connectivity index (χ0) is 16.9. The summed E-state index contributed by atoms with van der Waals surface area (Å²) in [5, 5.41) is 4.19. The number of nitrogens with one attached hydrogen (secondary N) is 2. The molecule has 0 bridgehead atoms. The molecule has 0 unspecified atom stereocenters. The summed E-state index contributed by atoms with van der Waals surface area (Å²) in [7, 11) is 0. The zero-order valence-electron chi connectivity index (χ0n) is 12.2. The lowest BCUT2D eigenvalue weighted by Crippen LogP contribution is -2.61. The van der Waals surface area contributed by atoms with Crippen molar-refractivity contribution in [3.63, 3.8) is 0 Å². The Morgan fingerprint density at radius 3 is 1.41 bits per heavy atom. The smallest absolute Gasteiger partial charge is 0.328 e. The fraction of sp³-hybridized carbons (Fsp3) is 0.455. The second-order valence-electron chi connectivity index (χ2n) is 4.44. The van der Waals surface area contributed by atoms with Crippen LogP contribution in [0.25, 0.3) is 0 Å². The molecular formula is C11H18N8O3. The number of anilines is 3. The molecule has 1 saturated heterocycles. The van der Waals surface area contributed by atoms with Crippen LogP contribution in [0.1, 0.15) is 26.7 Å². The van der Waals surface area contributed by atoms with Gasteiger partial charge in [0.2, 0.25) is 29.7 Å². The number of nitrogens with zero attached hydrogens (tertiary/aromatic N) is 3. The largest absolute Gasteiger partial charge is 0.368 e. The van der Waals surface area contributed by atoms with Gasteiger partial charge < -0.3 is 17.2 Å². The number of nitrogens with two attached hydrogens (primary N) is 3. The molecular weight excluding hydrogens is 292 g/mol. The minimum absolute atomic E-state index is 0.0417. The number of urea groups is 1. The molecule has 11 heteroatoms. The molecule has 1 aromatic rings. The summed E-state index contributed by atoms with van der Waals surface area (Å²) in [5.41, 5.74) is 14.4. The van der Waals surface area contributed by atoms with Crippen LogP contribution < -0.4 is 27.8 Å². The Morgan fingerprint density at radius 1 is 0.818 bits per heavy atom. The third kappa shape index (κ3) is 3.56. The van der Waals surface area contributed by atoms with Gasteiger partial charge in [-0.05, 0) is 12.8 Å². The summed E-state index contributed by atoms with van der Waals surface area (Å²) >= 11 is 0. The number of barbiturate groups is 1. The Hall–Kier alpha value is -2.98. The number of rotatable bonds is 2. The predicted octanol–water partition coefficient (Wildman–Crippen LogP) is -1.22. The number of hydrogen-bond donors (Lipinski definition) is 5. The van der Waals surface area contributed by atoms with Gasteiger partial charge in [0.15, 0.2) is 0 Å². The van der Waals surface area contributed by atoms with Crippen molar-refractivity contribution >= 4 is 35.7 Å². The number of imide groups is 2. The highest BCUT2D eigenvalue weighted by molar-refractivity contribution is 6.19. The highest BCUT2D eigenvalue weighted by atomic mass is 16.2. The Morgan fingerprint density at radius 2 is 1.14 bits per heavy atom. The van der Waals surface area contributed by atoms with E-state index in [0.29, 0.717) is 12.8 Å². The predicted molar refractivity (Wildman–Crippen MR) is 77.8 cm³/mol. The van der Waals surface area contributed by atoms with Gasteiger partial charge in [-0.1, -0.05) is 13.8 Å². The first-order valence-electron chi connectivity index (χ1n) is 6.44. The van der Waals surface area contributed by atoms with Crippen LogP contribution in [0.15, 0.2) is 0 Å². The van der Waals surface area contributed by atoms with Gasteiger partial charge in [-0.2, -0.15) is 15.0 Å². The Kier molecular flexibility index (Phi) is 5.16. The molecule has 11 nitrogen and oxygen atoms in total. The summed E-state index contributed by atoms with van der Waals surface area (Å²) in [5.74, 6) is -0.863. The van der Waals surface area contributed by atoms with Crippen LogP contribution in [-0.4, -0.2) is 32.8 Å². The highest BCUT2D eigenvalue weighted by Crippen LogP contribution is 2.28. The molecule has 22 heavy (non-hydrogen) atoms. The minimum Gasteiger partial charge on any atom is -0.368 e. The van der Waals surface area contributed by atoms with E-state index in [0.717, 1.165) is 0 Å². The molecule has 2 heterocycles. The fourth-order valence-electron chi connectivity index (χ4n) is 1.90. The minimum atomic E-state index is -1.06. The molecule has 0 saturated carbocycles. The van der Waals surface area contributed by atoms with Crippen LogP contribution in [-0.2, 0) is 9.59 Å². The van der Waals surface area contributed by atoms with E-state index < -0.39 is 23.3 Å². The molecule has 4 amide bonds. The lowest BCUT2D eigenvalue weighted by molar-refractivity contribution is -0.144. The molecule has 1 aliphatic rings. The van der Waals surface area contributed by atoms with Gasteiger partial charge in [-0.3, -0.25) is 20.2 Å². The average molecular weight is 310 g/mol. The molecule has 1 aliphatic heterocycles. The molecule has 1 aromatic heterocycles. The first kappa shape index (κ1) is 17.1. The van der Waals surface area contributed by atoms with Gasteiger partial charge in [0.25, 0.3) is 0 Å². The van der Waals surface area contributed by atoms with E-state index in [1.54, 1.807) is 13.8 Å². The van der Waals surface area contributed by atoms with Gasteiger partial charge >= 0.3 is 6.03 Å². The lowest BCUT2D eigenvalue weighted by atomic mass is 9.79. The first-order chi connectivity index (χ1) is 10.2.